The summed E-state index contributed by atoms with van der Waals surface area (Å²) in [6.45, 7) is 0.826. The van der Waals surface area contributed by atoms with Crippen molar-refractivity contribution < 1.29 is 9.47 Å². The van der Waals surface area contributed by atoms with Gasteiger partial charge in [-0.05, 0) is 29.9 Å². The van der Waals surface area contributed by atoms with Gasteiger partial charge in [0, 0.05) is 17.7 Å². The molecule has 140 valence electrons. The summed E-state index contributed by atoms with van der Waals surface area (Å²) >= 11 is 5.39. The number of rotatable bonds is 5. The van der Waals surface area contributed by atoms with E-state index in [1.807, 2.05) is 78.9 Å². The average Bonchev–Trinajstić information content (AvgIpc) is 3.22. The first-order valence-corrected chi connectivity index (χ1v) is 9.31. The van der Waals surface area contributed by atoms with Gasteiger partial charge in [-0.25, -0.2) is 0 Å². The first kappa shape index (κ1) is 18.0. The lowest BCUT2D eigenvalue weighted by atomic mass is 10.0. The third-order valence-corrected chi connectivity index (χ3v) is 4.49. The second-order valence-electron chi connectivity index (χ2n) is 6.17. The molecular formula is C22H19N3O2S. The SMILES string of the molecule is S=C(NCc1ccc2c(c1)OCO2)NN=C(c1ccccc1)c1ccccc1. The highest BCUT2D eigenvalue weighted by Gasteiger charge is 2.13. The zero-order valence-electron chi connectivity index (χ0n) is 15.1. The van der Waals surface area contributed by atoms with Crippen LogP contribution < -0.4 is 20.2 Å². The number of benzene rings is 3. The Bertz CT molecular complexity index is 950. The van der Waals surface area contributed by atoms with Gasteiger partial charge < -0.3 is 14.8 Å². The molecule has 4 rings (SSSR count). The molecule has 1 heterocycles. The van der Waals surface area contributed by atoms with Crippen molar-refractivity contribution in [1.82, 2.24) is 10.7 Å². The number of nitrogens with one attached hydrogen (secondary N) is 2. The lowest BCUT2D eigenvalue weighted by Crippen LogP contribution is -2.32. The summed E-state index contributed by atoms with van der Waals surface area (Å²) in [5.41, 5.74) is 6.85. The normalized spacial score (nSPS) is 11.6. The maximum absolute atomic E-state index is 5.40. The lowest BCUT2D eigenvalue weighted by Gasteiger charge is -2.11. The quantitative estimate of drug-likeness (QED) is 0.395. The second-order valence-corrected chi connectivity index (χ2v) is 6.58. The molecule has 0 spiro atoms. The number of fused-ring (bicyclic) bond motifs is 1. The first-order valence-electron chi connectivity index (χ1n) is 8.90. The predicted octanol–water partition coefficient (Wildman–Crippen LogP) is 3.83. The summed E-state index contributed by atoms with van der Waals surface area (Å²) < 4.78 is 10.7. The van der Waals surface area contributed by atoms with E-state index < -0.39 is 0 Å². The third-order valence-electron chi connectivity index (χ3n) is 4.25. The summed E-state index contributed by atoms with van der Waals surface area (Å²) in [6.07, 6.45) is 0. The van der Waals surface area contributed by atoms with Crippen LogP contribution in [0.5, 0.6) is 11.5 Å². The van der Waals surface area contributed by atoms with Gasteiger partial charge in [-0.3, -0.25) is 5.43 Å². The van der Waals surface area contributed by atoms with E-state index in [0.717, 1.165) is 33.9 Å². The molecule has 3 aromatic carbocycles. The van der Waals surface area contributed by atoms with Crippen LogP contribution in [0.15, 0.2) is 84.0 Å². The smallest absolute Gasteiger partial charge is 0.231 e. The third kappa shape index (κ3) is 4.29. The van der Waals surface area contributed by atoms with Gasteiger partial charge in [0.1, 0.15) is 0 Å². The van der Waals surface area contributed by atoms with Crippen LogP contribution in [-0.4, -0.2) is 17.6 Å². The molecule has 0 fully saturated rings. The Hall–Kier alpha value is -3.38. The molecule has 28 heavy (non-hydrogen) atoms. The van der Waals surface area contributed by atoms with Gasteiger partial charge in [0.2, 0.25) is 6.79 Å². The Balaban J connectivity index is 1.44. The Morgan fingerprint density at radius 1 is 0.857 bits per heavy atom. The number of ether oxygens (including phenoxy) is 2. The van der Waals surface area contributed by atoms with Crippen LogP contribution in [0.3, 0.4) is 0 Å². The van der Waals surface area contributed by atoms with Gasteiger partial charge in [0.05, 0.1) is 5.71 Å². The summed E-state index contributed by atoms with van der Waals surface area (Å²) in [5.74, 6) is 1.52. The predicted molar refractivity (Wildman–Crippen MR) is 114 cm³/mol. The monoisotopic (exact) mass is 389 g/mol. The molecule has 0 aliphatic carbocycles. The highest BCUT2D eigenvalue weighted by Crippen LogP contribution is 2.32. The van der Waals surface area contributed by atoms with Gasteiger partial charge >= 0.3 is 0 Å². The number of hydrazone groups is 1. The molecule has 2 N–H and O–H groups in total. The van der Waals surface area contributed by atoms with Crippen LogP contribution in [-0.2, 0) is 6.54 Å². The summed E-state index contributed by atoms with van der Waals surface area (Å²) in [6, 6.07) is 25.8. The molecule has 6 heteroatoms. The fraction of sp³-hybridized carbons (Fsp3) is 0.0909. The molecule has 1 aliphatic rings. The van der Waals surface area contributed by atoms with Crippen LogP contribution in [0, 0.1) is 0 Å². The molecule has 0 unspecified atom stereocenters. The highest BCUT2D eigenvalue weighted by molar-refractivity contribution is 7.80. The van der Waals surface area contributed by atoms with E-state index in [4.69, 9.17) is 21.7 Å². The molecule has 0 amide bonds. The van der Waals surface area contributed by atoms with Crippen molar-refractivity contribution >= 4 is 23.0 Å². The molecule has 5 nitrogen and oxygen atoms in total. The summed E-state index contributed by atoms with van der Waals surface area (Å²) in [4.78, 5) is 0. The topological polar surface area (TPSA) is 54.9 Å². The van der Waals surface area contributed by atoms with Crippen LogP contribution in [0.1, 0.15) is 16.7 Å². The Morgan fingerprint density at radius 2 is 1.50 bits per heavy atom. The van der Waals surface area contributed by atoms with Crippen LogP contribution in [0.25, 0.3) is 0 Å². The molecule has 0 atom stereocenters. The largest absolute Gasteiger partial charge is 0.454 e. The lowest BCUT2D eigenvalue weighted by molar-refractivity contribution is 0.174. The molecule has 0 radical (unpaired) electrons. The maximum atomic E-state index is 5.40. The van der Waals surface area contributed by atoms with Crippen molar-refractivity contribution in [3.05, 3.63) is 95.6 Å². The van der Waals surface area contributed by atoms with E-state index in [2.05, 4.69) is 15.8 Å². The summed E-state index contributed by atoms with van der Waals surface area (Å²) in [5, 5.41) is 8.16. The molecular weight excluding hydrogens is 370 g/mol. The van der Waals surface area contributed by atoms with E-state index in [0.29, 0.717) is 11.7 Å². The van der Waals surface area contributed by atoms with Crippen molar-refractivity contribution in [2.75, 3.05) is 6.79 Å². The van der Waals surface area contributed by atoms with Gasteiger partial charge in [0.15, 0.2) is 16.6 Å². The molecule has 0 saturated carbocycles. The molecule has 0 bridgehead atoms. The van der Waals surface area contributed by atoms with E-state index in [9.17, 15) is 0 Å². The van der Waals surface area contributed by atoms with E-state index in [1.54, 1.807) is 0 Å². The minimum Gasteiger partial charge on any atom is -0.454 e. The fourth-order valence-corrected chi connectivity index (χ4v) is 2.99. The minimum atomic E-state index is 0.267. The van der Waals surface area contributed by atoms with E-state index in [-0.39, 0.29) is 6.79 Å². The number of nitrogens with zero attached hydrogens (tertiary/aromatic N) is 1. The van der Waals surface area contributed by atoms with E-state index >= 15 is 0 Å². The number of hydrogen-bond acceptors (Lipinski definition) is 4. The zero-order valence-corrected chi connectivity index (χ0v) is 15.9. The van der Waals surface area contributed by atoms with Gasteiger partial charge in [0.25, 0.3) is 0 Å². The molecule has 1 aliphatic heterocycles. The van der Waals surface area contributed by atoms with Crippen molar-refractivity contribution in [2.45, 2.75) is 6.54 Å². The van der Waals surface area contributed by atoms with Gasteiger partial charge in [-0.2, -0.15) is 5.10 Å². The summed E-state index contributed by atoms with van der Waals surface area (Å²) in [7, 11) is 0. The first-order chi connectivity index (χ1) is 13.8. The maximum Gasteiger partial charge on any atom is 0.231 e. The van der Waals surface area contributed by atoms with Crippen LogP contribution >= 0.6 is 12.2 Å². The Morgan fingerprint density at radius 3 is 2.18 bits per heavy atom. The highest BCUT2D eigenvalue weighted by atomic mass is 32.1. The number of hydrogen-bond donors (Lipinski definition) is 2. The standard InChI is InChI=1S/C22H19N3O2S/c28-22(23-14-16-11-12-19-20(13-16)27-15-26-19)25-24-21(17-7-3-1-4-8-17)18-9-5-2-6-10-18/h1-13H,14-15H2,(H2,23,25,28). The molecule has 0 aromatic heterocycles. The van der Waals surface area contributed by atoms with Crippen LogP contribution in [0.4, 0.5) is 0 Å². The molecule has 3 aromatic rings. The Labute approximate surface area is 169 Å². The number of thiocarbonyl (C=S) groups is 1. The molecule has 0 saturated heterocycles. The minimum absolute atomic E-state index is 0.267. The van der Waals surface area contributed by atoms with Crippen LogP contribution in [0.2, 0.25) is 0 Å². The Kier molecular flexibility index (Phi) is 5.49. The fourth-order valence-electron chi connectivity index (χ4n) is 2.87. The zero-order chi connectivity index (χ0) is 19.2. The van der Waals surface area contributed by atoms with Crippen molar-refractivity contribution in [3.8, 4) is 11.5 Å². The van der Waals surface area contributed by atoms with E-state index in [1.165, 1.54) is 0 Å². The average molecular weight is 389 g/mol. The van der Waals surface area contributed by atoms with Crippen molar-refractivity contribution in [3.63, 3.8) is 0 Å². The van der Waals surface area contributed by atoms with Crippen molar-refractivity contribution in [1.29, 1.82) is 0 Å². The van der Waals surface area contributed by atoms with Gasteiger partial charge in [-0.1, -0.05) is 66.7 Å². The second kappa shape index (κ2) is 8.54. The van der Waals surface area contributed by atoms with Gasteiger partial charge in [-0.15, -0.1) is 0 Å². The van der Waals surface area contributed by atoms with Crippen molar-refractivity contribution in [2.24, 2.45) is 5.10 Å².